The van der Waals surface area contributed by atoms with Crippen LogP contribution in [0.5, 0.6) is 0 Å². The van der Waals surface area contributed by atoms with E-state index in [-0.39, 0.29) is 6.61 Å². The third kappa shape index (κ3) is 4.99. The van der Waals surface area contributed by atoms with Crippen LogP contribution < -0.4 is 5.32 Å². The fourth-order valence-corrected chi connectivity index (χ4v) is 1.29. The number of benzene rings is 1. The minimum atomic E-state index is -4.32. The minimum Gasteiger partial charge on any atom is -0.445 e. The van der Waals surface area contributed by atoms with E-state index in [1.165, 1.54) is 6.92 Å². The highest BCUT2D eigenvalue weighted by Crippen LogP contribution is 2.39. The highest BCUT2D eigenvalue weighted by molar-refractivity contribution is 7.52. The van der Waals surface area contributed by atoms with Crippen LogP contribution in [0.25, 0.3) is 0 Å². The van der Waals surface area contributed by atoms with Crippen molar-refractivity contribution in [2.24, 2.45) is 0 Å². The average molecular weight is 259 g/mol. The number of alkyl carbamates (subject to hydrolysis) is 1. The molecular formula is C10H14NO5P. The molecule has 94 valence electrons. The zero-order valence-corrected chi connectivity index (χ0v) is 10.1. The summed E-state index contributed by atoms with van der Waals surface area (Å²) in [4.78, 5) is 28.7. The Bertz CT molecular complexity index is 416. The molecule has 1 aromatic carbocycles. The molecule has 0 fully saturated rings. The quantitative estimate of drug-likeness (QED) is 0.711. The van der Waals surface area contributed by atoms with E-state index >= 15 is 0 Å². The van der Waals surface area contributed by atoms with Gasteiger partial charge in [-0.3, -0.25) is 4.57 Å². The lowest BCUT2D eigenvalue weighted by Gasteiger charge is -2.15. The molecule has 1 amide bonds. The average Bonchev–Trinajstić information content (AvgIpc) is 2.26. The second-order valence-corrected chi connectivity index (χ2v) is 5.42. The molecule has 1 rings (SSSR count). The second-order valence-electron chi connectivity index (χ2n) is 3.47. The summed E-state index contributed by atoms with van der Waals surface area (Å²) in [6.45, 7) is 1.27. The first-order valence-corrected chi connectivity index (χ1v) is 6.60. The minimum absolute atomic E-state index is 0.0561. The van der Waals surface area contributed by atoms with Gasteiger partial charge in [0.2, 0.25) is 0 Å². The van der Waals surface area contributed by atoms with Gasteiger partial charge in [-0.25, -0.2) is 4.79 Å². The Morgan fingerprint density at radius 3 is 2.53 bits per heavy atom. The van der Waals surface area contributed by atoms with E-state index in [4.69, 9.17) is 14.5 Å². The highest BCUT2D eigenvalue weighted by atomic mass is 31.2. The lowest BCUT2D eigenvalue weighted by molar-refractivity contribution is 0.137. The van der Waals surface area contributed by atoms with E-state index in [1.54, 1.807) is 24.3 Å². The third-order valence-corrected chi connectivity index (χ3v) is 3.18. The third-order valence-electron chi connectivity index (χ3n) is 2.04. The van der Waals surface area contributed by atoms with Crippen LogP contribution in [0, 0.1) is 0 Å². The van der Waals surface area contributed by atoms with Crippen LogP contribution in [0.3, 0.4) is 0 Å². The van der Waals surface area contributed by atoms with Crippen LogP contribution in [-0.2, 0) is 15.9 Å². The van der Waals surface area contributed by atoms with E-state index in [1.807, 2.05) is 6.07 Å². The summed E-state index contributed by atoms with van der Waals surface area (Å²) in [5.74, 6) is -1.26. The standard InChI is InChI=1S/C10H14NO5P/c1-8(17(13,14)15)11-10(12)16-7-9-5-3-2-4-6-9/h2-6,8H,7H2,1H3,(H,11,12)(H2,13,14,15). The summed E-state index contributed by atoms with van der Waals surface area (Å²) in [6.07, 6.45) is -0.857. The molecule has 0 heterocycles. The smallest absolute Gasteiger partial charge is 0.408 e. The Kier molecular flexibility index (Phi) is 4.69. The van der Waals surface area contributed by atoms with Gasteiger partial charge in [-0.1, -0.05) is 30.3 Å². The SMILES string of the molecule is CC(NC(=O)OCc1ccccc1)P(=O)(O)O. The molecule has 0 spiro atoms. The zero-order chi connectivity index (χ0) is 12.9. The molecule has 0 aliphatic rings. The molecule has 0 aliphatic carbocycles. The Morgan fingerprint density at radius 2 is 2.00 bits per heavy atom. The molecule has 6 nitrogen and oxygen atoms in total. The van der Waals surface area contributed by atoms with Crippen molar-refractivity contribution in [3.63, 3.8) is 0 Å². The van der Waals surface area contributed by atoms with Crippen LogP contribution in [0.15, 0.2) is 30.3 Å². The maximum atomic E-state index is 11.2. The number of carbonyl (C=O) groups excluding carboxylic acids is 1. The van der Waals surface area contributed by atoms with Gasteiger partial charge in [-0.05, 0) is 12.5 Å². The molecule has 0 aliphatic heterocycles. The van der Waals surface area contributed by atoms with E-state index in [2.05, 4.69) is 5.32 Å². The molecule has 1 atom stereocenters. The van der Waals surface area contributed by atoms with E-state index in [9.17, 15) is 9.36 Å². The fraction of sp³-hybridized carbons (Fsp3) is 0.300. The Morgan fingerprint density at radius 1 is 1.41 bits per heavy atom. The van der Waals surface area contributed by atoms with Crippen molar-refractivity contribution < 1.29 is 23.9 Å². The van der Waals surface area contributed by atoms with Crippen LogP contribution in [-0.4, -0.2) is 21.7 Å². The zero-order valence-electron chi connectivity index (χ0n) is 9.24. The maximum absolute atomic E-state index is 11.2. The van der Waals surface area contributed by atoms with Gasteiger partial charge in [0, 0.05) is 0 Å². The van der Waals surface area contributed by atoms with Gasteiger partial charge in [0.1, 0.15) is 12.4 Å². The van der Waals surface area contributed by atoms with Crippen molar-refractivity contribution in [1.29, 1.82) is 0 Å². The first-order chi connectivity index (χ1) is 7.89. The fourth-order valence-electron chi connectivity index (χ4n) is 1.02. The monoisotopic (exact) mass is 259 g/mol. The molecule has 0 saturated heterocycles. The molecule has 0 radical (unpaired) electrons. The van der Waals surface area contributed by atoms with Gasteiger partial charge in [0.05, 0.1) is 0 Å². The number of carbonyl (C=O) groups is 1. The van der Waals surface area contributed by atoms with E-state index < -0.39 is 19.5 Å². The van der Waals surface area contributed by atoms with Crippen LogP contribution >= 0.6 is 7.60 Å². The lowest BCUT2D eigenvalue weighted by Crippen LogP contribution is -2.32. The maximum Gasteiger partial charge on any atom is 0.408 e. The molecule has 3 N–H and O–H groups in total. The van der Waals surface area contributed by atoms with Crippen LogP contribution in [0.1, 0.15) is 12.5 Å². The van der Waals surface area contributed by atoms with E-state index in [0.29, 0.717) is 0 Å². The summed E-state index contributed by atoms with van der Waals surface area (Å²) in [7, 11) is -4.32. The summed E-state index contributed by atoms with van der Waals surface area (Å²) in [6, 6.07) is 8.99. The van der Waals surface area contributed by atoms with E-state index in [0.717, 1.165) is 5.56 Å². The van der Waals surface area contributed by atoms with Crippen molar-refractivity contribution in [2.45, 2.75) is 19.3 Å². The van der Waals surface area contributed by atoms with Gasteiger partial charge >= 0.3 is 13.7 Å². The van der Waals surface area contributed by atoms with Gasteiger partial charge < -0.3 is 19.8 Å². The second kappa shape index (κ2) is 5.82. The number of nitrogens with one attached hydrogen (secondary N) is 1. The molecule has 1 aromatic rings. The number of hydrogen-bond donors (Lipinski definition) is 3. The van der Waals surface area contributed by atoms with Crippen molar-refractivity contribution in [3.8, 4) is 0 Å². The number of ether oxygens (including phenoxy) is 1. The molecule has 1 unspecified atom stereocenters. The number of amides is 1. The first kappa shape index (κ1) is 13.7. The van der Waals surface area contributed by atoms with Crippen molar-refractivity contribution >= 4 is 13.7 Å². The van der Waals surface area contributed by atoms with Gasteiger partial charge in [-0.2, -0.15) is 0 Å². The summed E-state index contributed by atoms with van der Waals surface area (Å²) in [5.41, 5.74) is 0.798. The number of rotatable bonds is 4. The summed E-state index contributed by atoms with van der Waals surface area (Å²) < 4.78 is 15.6. The molecular weight excluding hydrogens is 245 g/mol. The summed E-state index contributed by atoms with van der Waals surface area (Å²) in [5, 5.41) is 2.07. The van der Waals surface area contributed by atoms with Crippen LogP contribution in [0.4, 0.5) is 4.79 Å². The van der Waals surface area contributed by atoms with Gasteiger partial charge in [0.15, 0.2) is 0 Å². The predicted molar refractivity (Wildman–Crippen MR) is 61.3 cm³/mol. The van der Waals surface area contributed by atoms with Crippen LogP contribution in [0.2, 0.25) is 0 Å². The Hall–Kier alpha value is -1.36. The lowest BCUT2D eigenvalue weighted by atomic mass is 10.2. The highest BCUT2D eigenvalue weighted by Gasteiger charge is 2.25. The van der Waals surface area contributed by atoms with Crippen molar-refractivity contribution in [2.75, 3.05) is 0 Å². The molecule has 0 aromatic heterocycles. The van der Waals surface area contributed by atoms with Crippen molar-refractivity contribution in [1.82, 2.24) is 5.32 Å². The normalized spacial score (nSPS) is 12.9. The largest absolute Gasteiger partial charge is 0.445 e. The number of hydrogen-bond acceptors (Lipinski definition) is 3. The molecule has 7 heteroatoms. The Balaban J connectivity index is 2.39. The molecule has 0 saturated carbocycles. The topological polar surface area (TPSA) is 95.9 Å². The first-order valence-electron chi connectivity index (χ1n) is 4.92. The molecule has 17 heavy (non-hydrogen) atoms. The summed E-state index contributed by atoms with van der Waals surface area (Å²) >= 11 is 0. The Labute approximate surface area is 98.8 Å². The van der Waals surface area contributed by atoms with Gasteiger partial charge in [0.25, 0.3) is 0 Å². The molecule has 0 bridgehead atoms. The van der Waals surface area contributed by atoms with Gasteiger partial charge in [-0.15, -0.1) is 0 Å². The predicted octanol–water partition coefficient (Wildman–Crippen LogP) is 1.44. The van der Waals surface area contributed by atoms with Crippen molar-refractivity contribution in [3.05, 3.63) is 35.9 Å².